The van der Waals surface area contributed by atoms with E-state index in [9.17, 15) is 19.2 Å². The minimum Gasteiger partial charge on any atom is -0.368 e. The number of primary amides is 1. The van der Waals surface area contributed by atoms with Gasteiger partial charge in [-0.15, -0.1) is 0 Å². The number of amides is 4. The molecule has 0 aliphatic carbocycles. The molecule has 2 atom stereocenters. The molecular formula is C24H27N5O4. The van der Waals surface area contributed by atoms with Gasteiger partial charge in [-0.05, 0) is 17.2 Å². The minimum absolute atomic E-state index is 0.210. The molecule has 33 heavy (non-hydrogen) atoms. The summed E-state index contributed by atoms with van der Waals surface area (Å²) in [7, 11) is 0. The number of hydrogen-bond acceptors (Lipinski definition) is 4. The normalized spacial score (nSPS) is 12.5. The van der Waals surface area contributed by atoms with Crippen LogP contribution in [0, 0.1) is 0 Å². The van der Waals surface area contributed by atoms with Gasteiger partial charge in [0.15, 0.2) is 0 Å². The first-order valence-electron chi connectivity index (χ1n) is 10.6. The van der Waals surface area contributed by atoms with Crippen LogP contribution in [0.3, 0.4) is 0 Å². The van der Waals surface area contributed by atoms with Gasteiger partial charge in [-0.25, -0.2) is 0 Å². The van der Waals surface area contributed by atoms with Crippen molar-refractivity contribution >= 4 is 34.5 Å². The van der Waals surface area contributed by atoms with Gasteiger partial charge in [0.25, 0.3) is 0 Å². The van der Waals surface area contributed by atoms with Crippen LogP contribution in [0.4, 0.5) is 0 Å². The molecule has 0 saturated carbocycles. The third-order valence-electron chi connectivity index (χ3n) is 5.18. The molecule has 172 valence electrons. The van der Waals surface area contributed by atoms with E-state index < -0.39 is 29.8 Å². The molecule has 9 heteroatoms. The fourth-order valence-corrected chi connectivity index (χ4v) is 3.58. The van der Waals surface area contributed by atoms with E-state index in [-0.39, 0.29) is 25.3 Å². The molecule has 0 unspecified atom stereocenters. The highest BCUT2D eigenvalue weighted by Crippen LogP contribution is 2.19. The molecule has 0 spiro atoms. The van der Waals surface area contributed by atoms with Gasteiger partial charge >= 0.3 is 0 Å². The van der Waals surface area contributed by atoms with Crippen LogP contribution < -0.4 is 21.7 Å². The lowest BCUT2D eigenvalue weighted by Crippen LogP contribution is -2.52. The lowest BCUT2D eigenvalue weighted by atomic mass is 10.0. The van der Waals surface area contributed by atoms with Crippen molar-refractivity contribution in [3.8, 4) is 0 Å². The summed E-state index contributed by atoms with van der Waals surface area (Å²) < 4.78 is 0. The summed E-state index contributed by atoms with van der Waals surface area (Å²) in [6.45, 7) is 0.960. The highest BCUT2D eigenvalue weighted by Gasteiger charge is 2.23. The summed E-state index contributed by atoms with van der Waals surface area (Å²) in [4.78, 5) is 51.6. The first-order chi connectivity index (χ1) is 15.8. The first kappa shape index (κ1) is 23.5. The van der Waals surface area contributed by atoms with Crippen LogP contribution >= 0.6 is 0 Å². The predicted octanol–water partition coefficient (Wildman–Crippen LogP) is 0.544. The summed E-state index contributed by atoms with van der Waals surface area (Å²) >= 11 is 0. The number of carbonyl (C=O) groups excluding carboxylic acids is 4. The molecule has 3 rings (SSSR count). The number of nitrogens with one attached hydrogen (secondary N) is 4. The number of hydrogen-bond donors (Lipinski definition) is 5. The van der Waals surface area contributed by atoms with E-state index in [0.29, 0.717) is 0 Å². The fraction of sp³-hybridized carbons (Fsp3) is 0.250. The van der Waals surface area contributed by atoms with Crippen LogP contribution in [0.25, 0.3) is 10.9 Å². The summed E-state index contributed by atoms with van der Waals surface area (Å²) in [5.74, 6) is -2.10. The Morgan fingerprint density at radius 3 is 2.30 bits per heavy atom. The van der Waals surface area contributed by atoms with E-state index in [2.05, 4.69) is 20.9 Å². The Hall–Kier alpha value is -4.14. The maximum Gasteiger partial charge on any atom is 0.243 e. The van der Waals surface area contributed by atoms with E-state index in [1.165, 1.54) is 6.92 Å². The molecule has 3 aromatic rings. The van der Waals surface area contributed by atoms with E-state index in [1.54, 1.807) is 6.20 Å². The second-order valence-corrected chi connectivity index (χ2v) is 7.75. The molecule has 0 aliphatic rings. The number of H-pyrrole nitrogens is 1. The largest absolute Gasteiger partial charge is 0.368 e. The summed E-state index contributed by atoms with van der Waals surface area (Å²) in [6, 6.07) is 15.0. The number of aromatic amines is 1. The van der Waals surface area contributed by atoms with Gasteiger partial charge in [0.05, 0.1) is 6.54 Å². The van der Waals surface area contributed by atoms with Crippen molar-refractivity contribution in [2.75, 3.05) is 6.54 Å². The number of benzene rings is 2. The van der Waals surface area contributed by atoms with Crippen molar-refractivity contribution in [1.82, 2.24) is 20.9 Å². The lowest BCUT2D eigenvalue weighted by Gasteiger charge is -2.19. The van der Waals surface area contributed by atoms with Gasteiger partial charge in [0.2, 0.25) is 23.6 Å². The number of carbonyl (C=O) groups is 4. The molecular weight excluding hydrogens is 422 g/mol. The monoisotopic (exact) mass is 449 g/mol. The molecule has 9 nitrogen and oxygen atoms in total. The molecule has 6 N–H and O–H groups in total. The smallest absolute Gasteiger partial charge is 0.243 e. The Bertz CT molecular complexity index is 1140. The molecule has 0 aliphatic heterocycles. The summed E-state index contributed by atoms with van der Waals surface area (Å²) in [6.07, 6.45) is 2.26. The maximum atomic E-state index is 12.6. The van der Waals surface area contributed by atoms with Crippen molar-refractivity contribution in [3.63, 3.8) is 0 Å². The van der Waals surface area contributed by atoms with Gasteiger partial charge in [0.1, 0.15) is 12.1 Å². The Morgan fingerprint density at radius 2 is 1.61 bits per heavy atom. The van der Waals surface area contributed by atoms with E-state index in [0.717, 1.165) is 22.0 Å². The lowest BCUT2D eigenvalue weighted by molar-refractivity contribution is -0.130. The second kappa shape index (κ2) is 10.9. The molecule has 0 saturated heterocycles. The van der Waals surface area contributed by atoms with Crippen LogP contribution in [0.5, 0.6) is 0 Å². The maximum absolute atomic E-state index is 12.6. The zero-order chi connectivity index (χ0) is 23.8. The number of para-hydroxylation sites is 1. The number of fused-ring (bicyclic) bond motifs is 1. The van der Waals surface area contributed by atoms with E-state index in [1.807, 2.05) is 54.6 Å². The third-order valence-corrected chi connectivity index (χ3v) is 5.18. The van der Waals surface area contributed by atoms with E-state index in [4.69, 9.17) is 5.73 Å². The molecule has 0 radical (unpaired) electrons. The highest BCUT2D eigenvalue weighted by atomic mass is 16.2. The molecule has 0 fully saturated rings. The molecule has 1 heterocycles. The molecule has 2 aromatic carbocycles. The van der Waals surface area contributed by atoms with Crippen LogP contribution in [-0.2, 0) is 32.0 Å². The van der Waals surface area contributed by atoms with Crippen LogP contribution in [-0.4, -0.2) is 47.2 Å². The Balaban J connectivity index is 1.58. The van der Waals surface area contributed by atoms with Gasteiger partial charge in [-0.2, -0.15) is 0 Å². The zero-order valence-corrected chi connectivity index (χ0v) is 18.3. The number of aromatic nitrogens is 1. The average Bonchev–Trinajstić information content (AvgIpc) is 3.20. The van der Waals surface area contributed by atoms with Gasteiger partial charge in [0, 0.05) is 36.9 Å². The van der Waals surface area contributed by atoms with Crippen LogP contribution in [0.2, 0.25) is 0 Å². The van der Waals surface area contributed by atoms with Crippen molar-refractivity contribution in [1.29, 1.82) is 0 Å². The number of rotatable bonds is 10. The standard InChI is InChI=1S/C24H27N5O4/c1-15(30)28-21(11-16-7-3-2-4-8-16)24(33)27-14-22(31)29-20(23(25)32)12-17-13-26-19-10-6-5-9-18(17)19/h2-10,13,20-21,26H,11-12,14H2,1H3,(H2,25,32)(H,27,33)(H,28,30)(H,29,31)/t20-,21-/m1/s1. The Labute approximate surface area is 191 Å². The van der Waals surface area contributed by atoms with Gasteiger partial charge in [-0.3, -0.25) is 19.2 Å². The van der Waals surface area contributed by atoms with Crippen LogP contribution in [0.15, 0.2) is 60.8 Å². The van der Waals surface area contributed by atoms with Crippen LogP contribution in [0.1, 0.15) is 18.1 Å². The van der Waals surface area contributed by atoms with Crippen molar-refractivity contribution < 1.29 is 19.2 Å². The second-order valence-electron chi connectivity index (χ2n) is 7.75. The first-order valence-corrected chi connectivity index (χ1v) is 10.6. The zero-order valence-electron chi connectivity index (χ0n) is 18.3. The quantitative estimate of drug-likeness (QED) is 0.307. The predicted molar refractivity (Wildman–Crippen MR) is 124 cm³/mol. The average molecular weight is 450 g/mol. The summed E-state index contributed by atoms with van der Waals surface area (Å²) in [5.41, 5.74) is 8.11. The van der Waals surface area contributed by atoms with Gasteiger partial charge < -0.3 is 26.7 Å². The Kier molecular flexibility index (Phi) is 7.80. The third kappa shape index (κ3) is 6.67. The van der Waals surface area contributed by atoms with Crippen molar-refractivity contribution in [2.45, 2.75) is 31.8 Å². The molecule has 1 aromatic heterocycles. The topological polar surface area (TPSA) is 146 Å². The summed E-state index contributed by atoms with van der Waals surface area (Å²) in [5, 5.41) is 8.62. The Morgan fingerprint density at radius 1 is 0.909 bits per heavy atom. The van der Waals surface area contributed by atoms with Crippen molar-refractivity contribution in [2.24, 2.45) is 5.73 Å². The fourth-order valence-electron chi connectivity index (χ4n) is 3.58. The van der Waals surface area contributed by atoms with Crippen molar-refractivity contribution in [3.05, 3.63) is 71.9 Å². The molecule has 4 amide bonds. The molecule has 0 bridgehead atoms. The highest BCUT2D eigenvalue weighted by molar-refractivity contribution is 5.92. The SMILES string of the molecule is CC(=O)N[C@H](Cc1ccccc1)C(=O)NCC(=O)N[C@H](Cc1c[nH]c2ccccc12)C(N)=O. The van der Waals surface area contributed by atoms with Gasteiger partial charge in [-0.1, -0.05) is 48.5 Å². The minimum atomic E-state index is -0.941. The number of nitrogens with two attached hydrogens (primary N) is 1. The van der Waals surface area contributed by atoms with E-state index >= 15 is 0 Å².